The highest BCUT2D eigenvalue weighted by molar-refractivity contribution is 5.72. The maximum absolute atomic E-state index is 11.5. The van der Waals surface area contributed by atoms with E-state index in [9.17, 15) is 9.59 Å². The summed E-state index contributed by atoms with van der Waals surface area (Å²) >= 11 is 0. The van der Waals surface area contributed by atoms with Gasteiger partial charge in [-0.1, -0.05) is 6.92 Å². The zero-order chi connectivity index (χ0) is 12.1. The van der Waals surface area contributed by atoms with Crippen molar-refractivity contribution >= 4 is 12.1 Å². The molecule has 5 nitrogen and oxygen atoms in total. The Morgan fingerprint density at radius 2 is 2.00 bits per heavy atom. The van der Waals surface area contributed by atoms with E-state index < -0.39 is 6.09 Å². The standard InChI is InChI=1S/C11H19NO4/c1-3-16-10(13)8(2)9-4-6-12(7-5-9)11(14)15/h8-9H,3-7H2,1-2H3,(H,14,15). The summed E-state index contributed by atoms with van der Waals surface area (Å²) in [5, 5.41) is 8.79. The number of hydrogen-bond acceptors (Lipinski definition) is 3. The molecule has 1 aliphatic rings. The fourth-order valence-corrected chi connectivity index (χ4v) is 2.06. The van der Waals surface area contributed by atoms with Gasteiger partial charge >= 0.3 is 12.1 Å². The van der Waals surface area contributed by atoms with Crippen LogP contribution >= 0.6 is 0 Å². The second-order valence-electron chi connectivity index (χ2n) is 4.15. The third-order valence-electron chi connectivity index (χ3n) is 3.18. The van der Waals surface area contributed by atoms with Gasteiger partial charge in [0, 0.05) is 13.1 Å². The van der Waals surface area contributed by atoms with Crippen molar-refractivity contribution in [2.75, 3.05) is 19.7 Å². The van der Waals surface area contributed by atoms with Crippen molar-refractivity contribution < 1.29 is 19.4 Å². The van der Waals surface area contributed by atoms with Gasteiger partial charge in [0.2, 0.25) is 0 Å². The number of carboxylic acid groups (broad SMARTS) is 1. The third kappa shape index (κ3) is 3.12. The number of hydrogen-bond donors (Lipinski definition) is 1. The highest BCUT2D eigenvalue weighted by Crippen LogP contribution is 2.25. The molecule has 0 aromatic rings. The summed E-state index contributed by atoms with van der Waals surface area (Å²) in [5.74, 6) is -0.0539. The Kier molecular flexibility index (Phi) is 4.58. The van der Waals surface area contributed by atoms with Crippen LogP contribution < -0.4 is 0 Å². The number of carbonyl (C=O) groups is 2. The van der Waals surface area contributed by atoms with E-state index in [0.29, 0.717) is 19.7 Å². The largest absolute Gasteiger partial charge is 0.466 e. The van der Waals surface area contributed by atoms with Gasteiger partial charge < -0.3 is 14.7 Å². The molecule has 1 rings (SSSR count). The Morgan fingerprint density at radius 3 is 2.44 bits per heavy atom. The molecule has 1 unspecified atom stereocenters. The Bertz CT molecular complexity index is 259. The molecule has 1 aliphatic heterocycles. The first-order valence-electron chi connectivity index (χ1n) is 5.70. The van der Waals surface area contributed by atoms with E-state index in [1.807, 2.05) is 6.92 Å². The third-order valence-corrected chi connectivity index (χ3v) is 3.18. The maximum atomic E-state index is 11.5. The SMILES string of the molecule is CCOC(=O)C(C)C1CCN(C(=O)O)CC1. The van der Waals surface area contributed by atoms with Crippen LogP contribution in [-0.4, -0.2) is 41.8 Å². The predicted octanol–water partition coefficient (Wildman–Crippen LogP) is 1.58. The normalized spacial score (nSPS) is 19.2. The number of esters is 1. The summed E-state index contributed by atoms with van der Waals surface area (Å²) in [6, 6.07) is 0. The van der Waals surface area contributed by atoms with Gasteiger partial charge in [-0.15, -0.1) is 0 Å². The lowest BCUT2D eigenvalue weighted by Crippen LogP contribution is -2.40. The summed E-state index contributed by atoms with van der Waals surface area (Å²) < 4.78 is 4.96. The van der Waals surface area contributed by atoms with Crippen molar-refractivity contribution in [2.24, 2.45) is 11.8 Å². The second kappa shape index (κ2) is 5.72. The van der Waals surface area contributed by atoms with E-state index >= 15 is 0 Å². The minimum Gasteiger partial charge on any atom is -0.466 e. The summed E-state index contributed by atoms with van der Waals surface area (Å²) in [4.78, 5) is 23.6. The van der Waals surface area contributed by atoms with Crippen LogP contribution in [0, 0.1) is 11.8 Å². The number of carbonyl (C=O) groups excluding carboxylic acids is 1. The zero-order valence-electron chi connectivity index (χ0n) is 9.81. The quantitative estimate of drug-likeness (QED) is 0.746. The fraction of sp³-hybridized carbons (Fsp3) is 0.818. The lowest BCUT2D eigenvalue weighted by molar-refractivity contribution is -0.149. The number of rotatable bonds is 3. The van der Waals surface area contributed by atoms with Crippen molar-refractivity contribution in [2.45, 2.75) is 26.7 Å². The van der Waals surface area contributed by atoms with E-state index in [2.05, 4.69) is 0 Å². The molecule has 0 aromatic heterocycles. The number of likely N-dealkylation sites (tertiary alicyclic amines) is 1. The Hall–Kier alpha value is -1.26. The van der Waals surface area contributed by atoms with Crippen LogP contribution in [0.1, 0.15) is 26.7 Å². The van der Waals surface area contributed by atoms with Gasteiger partial charge in [0.15, 0.2) is 0 Å². The van der Waals surface area contributed by atoms with E-state index in [1.165, 1.54) is 4.90 Å². The van der Waals surface area contributed by atoms with Gasteiger partial charge in [0.05, 0.1) is 12.5 Å². The Morgan fingerprint density at radius 1 is 1.44 bits per heavy atom. The molecule has 0 bridgehead atoms. The molecule has 5 heteroatoms. The van der Waals surface area contributed by atoms with Crippen LogP contribution in [0.4, 0.5) is 4.79 Å². The highest BCUT2D eigenvalue weighted by atomic mass is 16.5. The molecule has 1 N–H and O–H groups in total. The lowest BCUT2D eigenvalue weighted by atomic mass is 9.85. The van der Waals surface area contributed by atoms with Gasteiger partial charge in [0.25, 0.3) is 0 Å². The van der Waals surface area contributed by atoms with Crippen molar-refractivity contribution in [3.05, 3.63) is 0 Å². The first-order chi connectivity index (χ1) is 7.56. The van der Waals surface area contributed by atoms with Crippen LogP contribution in [0.3, 0.4) is 0 Å². The molecule has 0 aliphatic carbocycles. The second-order valence-corrected chi connectivity index (χ2v) is 4.15. The lowest BCUT2D eigenvalue weighted by Gasteiger charge is -2.32. The highest BCUT2D eigenvalue weighted by Gasteiger charge is 2.30. The fourth-order valence-electron chi connectivity index (χ4n) is 2.06. The molecule has 0 aromatic carbocycles. The molecule has 1 atom stereocenters. The predicted molar refractivity (Wildman–Crippen MR) is 58.1 cm³/mol. The van der Waals surface area contributed by atoms with Crippen molar-refractivity contribution in [3.63, 3.8) is 0 Å². The number of ether oxygens (including phenoxy) is 1. The van der Waals surface area contributed by atoms with Crippen LogP contribution in [-0.2, 0) is 9.53 Å². The minimum absolute atomic E-state index is 0.129. The molecule has 1 fully saturated rings. The molecule has 0 radical (unpaired) electrons. The molecular weight excluding hydrogens is 210 g/mol. The number of amides is 1. The first kappa shape index (κ1) is 12.8. The van der Waals surface area contributed by atoms with Crippen LogP contribution in [0.25, 0.3) is 0 Å². The zero-order valence-corrected chi connectivity index (χ0v) is 9.81. The van der Waals surface area contributed by atoms with Gasteiger partial charge in [-0.2, -0.15) is 0 Å². The summed E-state index contributed by atoms with van der Waals surface area (Å²) in [7, 11) is 0. The number of nitrogens with zero attached hydrogens (tertiary/aromatic N) is 1. The number of piperidine rings is 1. The topological polar surface area (TPSA) is 66.8 Å². The van der Waals surface area contributed by atoms with Crippen molar-refractivity contribution in [3.8, 4) is 0 Å². The van der Waals surface area contributed by atoms with E-state index in [4.69, 9.17) is 9.84 Å². The molecule has 1 saturated heterocycles. The molecule has 92 valence electrons. The van der Waals surface area contributed by atoms with Gasteiger partial charge in [-0.05, 0) is 25.7 Å². The molecule has 16 heavy (non-hydrogen) atoms. The summed E-state index contributed by atoms with van der Waals surface area (Å²) in [6.45, 7) is 5.08. The molecule has 0 spiro atoms. The van der Waals surface area contributed by atoms with Gasteiger partial charge in [-0.3, -0.25) is 4.79 Å². The monoisotopic (exact) mass is 229 g/mol. The molecule has 1 amide bonds. The molecule has 1 heterocycles. The van der Waals surface area contributed by atoms with Crippen molar-refractivity contribution in [1.29, 1.82) is 0 Å². The van der Waals surface area contributed by atoms with E-state index in [0.717, 1.165) is 12.8 Å². The van der Waals surface area contributed by atoms with Crippen LogP contribution in [0.2, 0.25) is 0 Å². The van der Waals surface area contributed by atoms with Crippen molar-refractivity contribution in [1.82, 2.24) is 4.90 Å². The smallest absolute Gasteiger partial charge is 0.407 e. The maximum Gasteiger partial charge on any atom is 0.407 e. The summed E-state index contributed by atoms with van der Waals surface area (Å²) in [5.41, 5.74) is 0. The van der Waals surface area contributed by atoms with E-state index in [-0.39, 0.29) is 17.8 Å². The van der Waals surface area contributed by atoms with Crippen LogP contribution in [0.5, 0.6) is 0 Å². The Labute approximate surface area is 95.4 Å². The average Bonchev–Trinajstić information content (AvgIpc) is 2.28. The Balaban J connectivity index is 2.41. The molecule has 0 saturated carbocycles. The average molecular weight is 229 g/mol. The van der Waals surface area contributed by atoms with Gasteiger partial charge in [-0.25, -0.2) is 4.79 Å². The first-order valence-corrected chi connectivity index (χ1v) is 5.70. The minimum atomic E-state index is -0.873. The molecular formula is C11H19NO4. The van der Waals surface area contributed by atoms with E-state index in [1.54, 1.807) is 6.92 Å². The van der Waals surface area contributed by atoms with Gasteiger partial charge in [0.1, 0.15) is 0 Å². The van der Waals surface area contributed by atoms with Crippen LogP contribution in [0.15, 0.2) is 0 Å². The summed E-state index contributed by atoms with van der Waals surface area (Å²) in [6.07, 6.45) is 0.612.